The molecule has 2 rings (SSSR count). The van der Waals surface area contributed by atoms with Crippen LogP contribution in [0, 0.1) is 0 Å². The highest BCUT2D eigenvalue weighted by Crippen LogP contribution is 2.28. The predicted octanol–water partition coefficient (Wildman–Crippen LogP) is 3.86. The van der Waals surface area contributed by atoms with Crippen LogP contribution in [0.25, 0.3) is 11.4 Å². The van der Waals surface area contributed by atoms with Gasteiger partial charge in [-0.2, -0.15) is 0 Å². The van der Waals surface area contributed by atoms with Crippen molar-refractivity contribution >= 4 is 29.0 Å². The fraction of sp³-hybridized carbons (Fsp3) is 0.231. The Balaban J connectivity index is 2.54. The molecule has 1 aromatic carbocycles. The first kappa shape index (κ1) is 14.1. The molecule has 0 fully saturated rings. The maximum absolute atomic E-state index is 6.01. The van der Waals surface area contributed by atoms with Crippen LogP contribution in [0.5, 0.6) is 0 Å². The van der Waals surface area contributed by atoms with Crippen LogP contribution < -0.4 is 11.3 Å². The first-order valence-electron chi connectivity index (χ1n) is 5.82. The normalized spacial score (nSPS) is 10.8. The maximum Gasteiger partial charge on any atom is 0.161 e. The van der Waals surface area contributed by atoms with Gasteiger partial charge in [0.1, 0.15) is 5.82 Å². The number of nitrogens with one attached hydrogen (secondary N) is 1. The topological polar surface area (TPSA) is 63.8 Å². The molecule has 6 heteroatoms. The summed E-state index contributed by atoms with van der Waals surface area (Å²) in [5.74, 6) is 6.84. The van der Waals surface area contributed by atoms with Gasteiger partial charge in [-0.25, -0.2) is 15.8 Å². The van der Waals surface area contributed by atoms with E-state index in [-0.39, 0.29) is 5.92 Å². The molecule has 0 aliphatic heterocycles. The summed E-state index contributed by atoms with van der Waals surface area (Å²) in [6.45, 7) is 4.11. The van der Waals surface area contributed by atoms with Gasteiger partial charge >= 0.3 is 0 Å². The summed E-state index contributed by atoms with van der Waals surface area (Å²) in [5, 5.41) is 0.975. The molecule has 0 aliphatic carbocycles. The number of nitrogens with zero attached hydrogens (tertiary/aromatic N) is 2. The fourth-order valence-corrected chi connectivity index (χ4v) is 1.90. The quantitative estimate of drug-likeness (QED) is 0.667. The summed E-state index contributed by atoms with van der Waals surface area (Å²) in [4.78, 5) is 8.84. The summed E-state index contributed by atoms with van der Waals surface area (Å²) < 4.78 is 0. The Morgan fingerprint density at radius 1 is 1.11 bits per heavy atom. The standard InChI is InChI=1S/C13H14Cl2N4/c1-7(2)11-6-12(19-16)18-13(17-11)8-3-4-9(14)10(15)5-8/h3-7H,16H2,1-2H3,(H,17,18,19). The van der Waals surface area contributed by atoms with Gasteiger partial charge in [-0.3, -0.25) is 0 Å². The van der Waals surface area contributed by atoms with Gasteiger partial charge in [0.25, 0.3) is 0 Å². The molecule has 0 unspecified atom stereocenters. The number of rotatable bonds is 3. The van der Waals surface area contributed by atoms with E-state index in [1.165, 1.54) is 0 Å². The van der Waals surface area contributed by atoms with E-state index in [1.54, 1.807) is 12.1 Å². The SMILES string of the molecule is CC(C)c1cc(NN)nc(-c2ccc(Cl)c(Cl)c2)n1. The number of hydrogen-bond acceptors (Lipinski definition) is 4. The van der Waals surface area contributed by atoms with Gasteiger partial charge < -0.3 is 5.43 Å². The Hall–Kier alpha value is -1.36. The third-order valence-electron chi connectivity index (χ3n) is 2.66. The first-order valence-corrected chi connectivity index (χ1v) is 6.58. The minimum atomic E-state index is 0.275. The number of hydrazine groups is 1. The lowest BCUT2D eigenvalue weighted by Gasteiger charge is -2.10. The van der Waals surface area contributed by atoms with Crippen molar-refractivity contribution in [2.45, 2.75) is 19.8 Å². The zero-order valence-corrected chi connectivity index (χ0v) is 12.1. The van der Waals surface area contributed by atoms with Crippen LogP contribution in [-0.4, -0.2) is 9.97 Å². The van der Waals surface area contributed by atoms with Gasteiger partial charge in [-0.15, -0.1) is 0 Å². The Bertz CT molecular complexity index is 599. The van der Waals surface area contributed by atoms with E-state index in [9.17, 15) is 0 Å². The Morgan fingerprint density at radius 2 is 1.84 bits per heavy atom. The van der Waals surface area contributed by atoms with E-state index >= 15 is 0 Å². The second kappa shape index (κ2) is 5.74. The lowest BCUT2D eigenvalue weighted by molar-refractivity contribution is 0.817. The van der Waals surface area contributed by atoms with E-state index in [2.05, 4.69) is 29.2 Å². The van der Waals surface area contributed by atoms with Crippen molar-refractivity contribution in [2.24, 2.45) is 5.84 Å². The number of nitrogen functional groups attached to an aromatic ring is 1. The third kappa shape index (κ3) is 3.15. The van der Waals surface area contributed by atoms with Crippen LogP contribution >= 0.6 is 23.2 Å². The predicted molar refractivity (Wildman–Crippen MR) is 79.4 cm³/mol. The number of anilines is 1. The average Bonchev–Trinajstić information content (AvgIpc) is 2.41. The van der Waals surface area contributed by atoms with Gasteiger partial charge in [-0.1, -0.05) is 37.0 Å². The highest BCUT2D eigenvalue weighted by molar-refractivity contribution is 6.42. The summed E-state index contributed by atoms with van der Waals surface area (Å²) >= 11 is 11.9. The van der Waals surface area contributed by atoms with Gasteiger partial charge in [0, 0.05) is 17.3 Å². The molecule has 2 aromatic rings. The molecule has 19 heavy (non-hydrogen) atoms. The molecule has 100 valence electrons. The minimum absolute atomic E-state index is 0.275. The molecule has 0 saturated carbocycles. The minimum Gasteiger partial charge on any atom is -0.308 e. The number of nitrogens with two attached hydrogens (primary N) is 1. The fourth-order valence-electron chi connectivity index (χ4n) is 1.60. The molecule has 0 aliphatic rings. The number of halogens is 2. The monoisotopic (exact) mass is 296 g/mol. The Labute approximate surface area is 121 Å². The largest absolute Gasteiger partial charge is 0.308 e. The number of hydrogen-bond donors (Lipinski definition) is 2. The molecule has 3 N–H and O–H groups in total. The summed E-state index contributed by atoms with van der Waals surface area (Å²) in [7, 11) is 0. The van der Waals surface area contributed by atoms with Crippen molar-refractivity contribution in [3.8, 4) is 11.4 Å². The van der Waals surface area contributed by atoms with Crippen LogP contribution in [0.2, 0.25) is 10.0 Å². The maximum atomic E-state index is 6.01. The van der Waals surface area contributed by atoms with Crippen molar-refractivity contribution in [1.29, 1.82) is 0 Å². The summed E-state index contributed by atoms with van der Waals surface area (Å²) in [5.41, 5.74) is 4.25. The molecule has 4 nitrogen and oxygen atoms in total. The molecule has 0 spiro atoms. The average molecular weight is 297 g/mol. The molecule has 0 atom stereocenters. The Kier molecular flexibility index (Phi) is 4.24. The second-order valence-electron chi connectivity index (χ2n) is 4.43. The lowest BCUT2D eigenvalue weighted by Crippen LogP contribution is -2.11. The van der Waals surface area contributed by atoms with Crippen LogP contribution in [-0.2, 0) is 0 Å². The van der Waals surface area contributed by atoms with Gasteiger partial charge in [-0.05, 0) is 24.1 Å². The van der Waals surface area contributed by atoms with Crippen molar-refractivity contribution in [1.82, 2.24) is 9.97 Å². The van der Waals surface area contributed by atoms with Crippen molar-refractivity contribution in [2.75, 3.05) is 5.43 Å². The number of aromatic nitrogens is 2. The summed E-state index contributed by atoms with van der Waals surface area (Å²) in [6, 6.07) is 7.11. The van der Waals surface area contributed by atoms with Crippen molar-refractivity contribution < 1.29 is 0 Å². The smallest absolute Gasteiger partial charge is 0.161 e. The van der Waals surface area contributed by atoms with E-state index in [0.29, 0.717) is 21.7 Å². The summed E-state index contributed by atoms with van der Waals surface area (Å²) in [6.07, 6.45) is 0. The molecule has 1 aromatic heterocycles. The van der Waals surface area contributed by atoms with E-state index in [0.717, 1.165) is 11.3 Å². The second-order valence-corrected chi connectivity index (χ2v) is 5.24. The van der Waals surface area contributed by atoms with Gasteiger partial charge in [0.05, 0.1) is 10.0 Å². The van der Waals surface area contributed by atoms with Gasteiger partial charge in [0.2, 0.25) is 0 Å². The van der Waals surface area contributed by atoms with E-state index in [4.69, 9.17) is 29.0 Å². The zero-order chi connectivity index (χ0) is 14.0. The third-order valence-corrected chi connectivity index (χ3v) is 3.40. The Morgan fingerprint density at radius 3 is 2.42 bits per heavy atom. The highest BCUT2D eigenvalue weighted by Gasteiger charge is 2.10. The van der Waals surface area contributed by atoms with E-state index < -0.39 is 0 Å². The molecule has 1 heterocycles. The van der Waals surface area contributed by atoms with Crippen molar-refractivity contribution in [3.05, 3.63) is 40.0 Å². The van der Waals surface area contributed by atoms with Crippen LogP contribution in [0.1, 0.15) is 25.5 Å². The van der Waals surface area contributed by atoms with Gasteiger partial charge in [0.15, 0.2) is 5.82 Å². The lowest BCUT2D eigenvalue weighted by atomic mass is 10.1. The van der Waals surface area contributed by atoms with Crippen molar-refractivity contribution in [3.63, 3.8) is 0 Å². The van der Waals surface area contributed by atoms with Crippen LogP contribution in [0.15, 0.2) is 24.3 Å². The molecule has 0 radical (unpaired) electrons. The molecule has 0 bridgehead atoms. The molecule has 0 saturated heterocycles. The van der Waals surface area contributed by atoms with Crippen LogP contribution in [0.4, 0.5) is 5.82 Å². The number of benzene rings is 1. The molecular weight excluding hydrogens is 283 g/mol. The van der Waals surface area contributed by atoms with E-state index in [1.807, 2.05) is 12.1 Å². The van der Waals surface area contributed by atoms with Crippen LogP contribution in [0.3, 0.4) is 0 Å². The highest BCUT2D eigenvalue weighted by atomic mass is 35.5. The first-order chi connectivity index (χ1) is 9.01. The zero-order valence-electron chi connectivity index (χ0n) is 10.6. The molecular formula is C13H14Cl2N4. The molecule has 0 amide bonds.